The molecule has 3 N–H and O–H groups in total. The van der Waals surface area contributed by atoms with Gasteiger partial charge in [0.2, 0.25) is 0 Å². The first-order chi connectivity index (χ1) is 8.10. The fourth-order valence-corrected chi connectivity index (χ4v) is 1.98. The highest BCUT2D eigenvalue weighted by atomic mass is 32.2. The van der Waals surface area contributed by atoms with Gasteiger partial charge in [0, 0.05) is 18.4 Å². The first-order valence-electron chi connectivity index (χ1n) is 4.68. The van der Waals surface area contributed by atoms with Gasteiger partial charge in [0.15, 0.2) is 5.84 Å². The smallest absolute Gasteiger partial charge is 0.170 e. The Hall–Kier alpha value is -1.34. The van der Waals surface area contributed by atoms with Gasteiger partial charge >= 0.3 is 0 Å². The van der Waals surface area contributed by atoms with Gasteiger partial charge in [-0.2, -0.15) is 0 Å². The summed E-state index contributed by atoms with van der Waals surface area (Å²) in [5, 5.41) is 11.1. The Morgan fingerprint density at radius 1 is 1.47 bits per heavy atom. The van der Waals surface area contributed by atoms with Crippen LogP contribution in [-0.2, 0) is 4.74 Å². The van der Waals surface area contributed by atoms with Crippen LogP contribution < -0.4 is 5.73 Å². The van der Waals surface area contributed by atoms with E-state index in [0.29, 0.717) is 12.4 Å². The predicted octanol–water partition coefficient (Wildman–Crippen LogP) is 1.80. The van der Waals surface area contributed by atoms with Crippen LogP contribution in [0.3, 0.4) is 0 Å². The molecule has 0 aromatic heterocycles. The maximum Gasteiger partial charge on any atom is 0.170 e. The minimum atomic E-state index is -0.743. The number of nitrogens with two attached hydrogens (primary N) is 1. The number of methoxy groups -OCH3 is 1. The van der Waals surface area contributed by atoms with Crippen LogP contribution in [0, 0.1) is 11.6 Å². The molecule has 0 fully saturated rings. The van der Waals surface area contributed by atoms with Gasteiger partial charge in [0.05, 0.1) is 11.5 Å². The third kappa shape index (κ3) is 3.57. The molecule has 7 heteroatoms. The number of amidine groups is 1. The molecule has 0 aliphatic carbocycles. The number of hydrogen-bond acceptors (Lipinski definition) is 4. The molecule has 0 spiro atoms. The van der Waals surface area contributed by atoms with E-state index in [4.69, 9.17) is 15.7 Å². The van der Waals surface area contributed by atoms with Gasteiger partial charge in [-0.3, -0.25) is 0 Å². The zero-order valence-corrected chi connectivity index (χ0v) is 9.93. The molecule has 1 aromatic carbocycles. The molecule has 94 valence electrons. The van der Waals surface area contributed by atoms with Crippen LogP contribution in [-0.4, -0.2) is 30.5 Å². The topological polar surface area (TPSA) is 67.8 Å². The van der Waals surface area contributed by atoms with Crippen molar-refractivity contribution in [2.75, 3.05) is 19.5 Å². The Balaban J connectivity index is 2.94. The number of hydrogen-bond donors (Lipinski definition) is 2. The molecule has 17 heavy (non-hydrogen) atoms. The average molecular weight is 262 g/mol. The Labute approximate surface area is 101 Å². The summed E-state index contributed by atoms with van der Waals surface area (Å²) in [5.74, 6) is -1.38. The van der Waals surface area contributed by atoms with Gasteiger partial charge in [-0.25, -0.2) is 8.78 Å². The molecule has 0 aliphatic heterocycles. The van der Waals surface area contributed by atoms with Gasteiger partial charge in [-0.05, 0) is 12.1 Å². The summed E-state index contributed by atoms with van der Waals surface area (Å²) in [5.41, 5.74) is 5.24. The van der Waals surface area contributed by atoms with Crippen LogP contribution in [0.2, 0.25) is 0 Å². The van der Waals surface area contributed by atoms with Crippen molar-refractivity contribution in [3.05, 3.63) is 29.3 Å². The molecule has 0 saturated carbocycles. The second-order valence-electron chi connectivity index (χ2n) is 3.10. The largest absolute Gasteiger partial charge is 0.409 e. The van der Waals surface area contributed by atoms with Gasteiger partial charge in [0.25, 0.3) is 0 Å². The molecular weight excluding hydrogens is 250 g/mol. The summed E-state index contributed by atoms with van der Waals surface area (Å²) in [6.45, 7) is 0.394. The highest BCUT2D eigenvalue weighted by Gasteiger charge is 2.13. The van der Waals surface area contributed by atoms with Gasteiger partial charge in [-0.15, -0.1) is 11.8 Å². The monoisotopic (exact) mass is 262 g/mol. The van der Waals surface area contributed by atoms with Crippen molar-refractivity contribution >= 4 is 17.6 Å². The summed E-state index contributed by atoms with van der Waals surface area (Å²) in [6, 6.07) is 2.04. The Bertz CT molecular complexity index is 404. The molecule has 1 aromatic rings. The molecular formula is C10H12F2N2O2S. The third-order valence-corrected chi connectivity index (χ3v) is 2.99. The van der Waals surface area contributed by atoms with Crippen molar-refractivity contribution in [3.8, 4) is 0 Å². The lowest BCUT2D eigenvalue weighted by Gasteiger charge is -2.06. The quantitative estimate of drug-likeness (QED) is 0.212. The summed E-state index contributed by atoms with van der Waals surface area (Å²) >= 11 is 1.01. The van der Waals surface area contributed by atoms with Crippen molar-refractivity contribution < 1.29 is 18.7 Å². The summed E-state index contributed by atoms with van der Waals surface area (Å²) in [7, 11) is 1.51. The van der Waals surface area contributed by atoms with E-state index in [2.05, 4.69) is 5.16 Å². The second kappa shape index (κ2) is 6.41. The summed E-state index contributed by atoms with van der Waals surface area (Å²) in [4.78, 5) is -0.100. The van der Waals surface area contributed by atoms with E-state index in [1.165, 1.54) is 7.11 Å². The Morgan fingerprint density at radius 3 is 2.53 bits per heavy atom. The zero-order chi connectivity index (χ0) is 12.8. The van der Waals surface area contributed by atoms with Crippen molar-refractivity contribution in [2.45, 2.75) is 4.90 Å². The molecule has 0 atom stereocenters. The van der Waals surface area contributed by atoms with Gasteiger partial charge in [0.1, 0.15) is 11.6 Å². The van der Waals surface area contributed by atoms with E-state index in [9.17, 15) is 8.78 Å². The van der Waals surface area contributed by atoms with Crippen LogP contribution in [0.5, 0.6) is 0 Å². The molecule has 0 aliphatic rings. The molecule has 0 bridgehead atoms. The maximum absolute atomic E-state index is 13.5. The molecule has 0 unspecified atom stereocenters. The lowest BCUT2D eigenvalue weighted by Crippen LogP contribution is -2.14. The normalized spacial score (nSPS) is 11.8. The lowest BCUT2D eigenvalue weighted by molar-refractivity contribution is 0.218. The second-order valence-corrected chi connectivity index (χ2v) is 4.20. The summed E-state index contributed by atoms with van der Waals surface area (Å²) in [6.07, 6.45) is 0. The highest BCUT2D eigenvalue weighted by molar-refractivity contribution is 7.99. The Morgan fingerprint density at radius 2 is 2.06 bits per heavy atom. The number of halogens is 2. The van der Waals surface area contributed by atoms with Crippen LogP contribution >= 0.6 is 11.8 Å². The minimum Gasteiger partial charge on any atom is -0.409 e. The van der Waals surface area contributed by atoms with E-state index in [0.717, 1.165) is 23.9 Å². The number of thioether (sulfide) groups is 1. The van der Waals surface area contributed by atoms with E-state index < -0.39 is 11.6 Å². The number of nitrogens with zero attached hydrogens (tertiary/aromatic N) is 1. The van der Waals surface area contributed by atoms with Gasteiger partial charge in [-0.1, -0.05) is 5.16 Å². The first kappa shape index (κ1) is 13.7. The van der Waals surface area contributed by atoms with Crippen LogP contribution in [0.4, 0.5) is 8.78 Å². The fraction of sp³-hybridized carbons (Fsp3) is 0.300. The lowest BCUT2D eigenvalue weighted by atomic mass is 10.2. The molecule has 0 amide bonds. The van der Waals surface area contributed by atoms with Crippen LogP contribution in [0.15, 0.2) is 22.2 Å². The van der Waals surface area contributed by atoms with Crippen molar-refractivity contribution in [3.63, 3.8) is 0 Å². The number of benzene rings is 1. The summed E-state index contributed by atoms with van der Waals surface area (Å²) < 4.78 is 31.9. The zero-order valence-electron chi connectivity index (χ0n) is 9.11. The fourth-order valence-electron chi connectivity index (χ4n) is 1.13. The van der Waals surface area contributed by atoms with Crippen molar-refractivity contribution in [1.82, 2.24) is 0 Å². The number of ether oxygens (including phenoxy) is 1. The van der Waals surface area contributed by atoms with E-state index in [1.807, 2.05) is 0 Å². The molecule has 0 heterocycles. The van der Waals surface area contributed by atoms with Crippen LogP contribution in [0.25, 0.3) is 0 Å². The molecule has 4 nitrogen and oxygen atoms in total. The van der Waals surface area contributed by atoms with Crippen molar-refractivity contribution in [2.24, 2.45) is 10.9 Å². The highest BCUT2D eigenvalue weighted by Crippen LogP contribution is 2.26. The molecule has 0 saturated heterocycles. The number of oxime groups is 1. The first-order valence-corrected chi connectivity index (χ1v) is 5.67. The van der Waals surface area contributed by atoms with E-state index in [-0.39, 0.29) is 16.3 Å². The van der Waals surface area contributed by atoms with E-state index in [1.54, 1.807) is 0 Å². The standard InChI is InChI=1S/C10H12F2N2O2S/c1-16-2-3-17-9-7(11)4-6(5-8(9)12)10(13)14-15/h4-5,15H,2-3H2,1H3,(H2,13,14). The predicted molar refractivity (Wildman–Crippen MR) is 61.5 cm³/mol. The Kier molecular flexibility index (Phi) is 5.17. The van der Waals surface area contributed by atoms with Crippen molar-refractivity contribution in [1.29, 1.82) is 0 Å². The molecule has 0 radical (unpaired) electrons. The van der Waals surface area contributed by atoms with Crippen LogP contribution in [0.1, 0.15) is 5.56 Å². The number of rotatable bonds is 5. The van der Waals surface area contributed by atoms with E-state index >= 15 is 0 Å². The van der Waals surface area contributed by atoms with Gasteiger partial charge < -0.3 is 15.7 Å². The minimum absolute atomic E-state index is 0.00130. The average Bonchev–Trinajstić information content (AvgIpc) is 2.31. The SMILES string of the molecule is COCCSc1c(F)cc(C(N)=NO)cc1F. The maximum atomic E-state index is 13.5. The molecule has 1 rings (SSSR count). The third-order valence-electron chi connectivity index (χ3n) is 1.94.